The number of benzene rings is 3. The predicted molar refractivity (Wildman–Crippen MR) is 128 cm³/mol. The molecule has 1 aliphatic heterocycles. The van der Waals surface area contributed by atoms with Crippen molar-refractivity contribution in [3.8, 4) is 5.75 Å². The lowest BCUT2D eigenvalue weighted by Gasteiger charge is -2.44. The molecule has 6 heteroatoms. The van der Waals surface area contributed by atoms with E-state index < -0.39 is 5.54 Å². The first-order chi connectivity index (χ1) is 16.4. The van der Waals surface area contributed by atoms with Crippen molar-refractivity contribution in [3.63, 3.8) is 0 Å². The van der Waals surface area contributed by atoms with E-state index in [0.717, 1.165) is 11.1 Å². The molecule has 3 aromatic rings. The van der Waals surface area contributed by atoms with E-state index in [1.165, 1.54) is 6.07 Å². The number of carbonyl (C=O) groups is 2. The van der Waals surface area contributed by atoms with Crippen LogP contribution in [0.3, 0.4) is 0 Å². The predicted octanol–water partition coefficient (Wildman–Crippen LogP) is 4.24. The largest absolute Gasteiger partial charge is 0.497 e. The highest BCUT2D eigenvalue weighted by Crippen LogP contribution is 2.43. The van der Waals surface area contributed by atoms with Crippen LogP contribution in [0.1, 0.15) is 37.4 Å². The smallest absolute Gasteiger partial charge is 0.196 e. The van der Waals surface area contributed by atoms with Crippen LogP contribution < -0.4 is 4.74 Å². The minimum Gasteiger partial charge on any atom is -0.497 e. The standard InChI is InChI=1S/C28H27FN2O3/c1-19-10-11-22(29)16-20(19)18-30-12-14-31(15-13-30)28(21-6-5-7-23(17-21)34-2)26(32)24-8-3-4-9-25(24)27(28)33/h3-11,16-17H,12-15,18H2,1-2H3. The van der Waals surface area contributed by atoms with Gasteiger partial charge >= 0.3 is 0 Å². The van der Waals surface area contributed by atoms with Gasteiger partial charge in [-0.2, -0.15) is 0 Å². The number of hydrogen-bond donors (Lipinski definition) is 0. The lowest BCUT2D eigenvalue weighted by Crippen LogP contribution is -2.60. The van der Waals surface area contributed by atoms with Crippen molar-refractivity contribution < 1.29 is 18.7 Å². The maximum Gasteiger partial charge on any atom is 0.196 e. The van der Waals surface area contributed by atoms with Gasteiger partial charge in [-0.25, -0.2) is 4.39 Å². The summed E-state index contributed by atoms with van der Waals surface area (Å²) in [5.41, 5.74) is 2.16. The molecule has 2 aliphatic rings. The topological polar surface area (TPSA) is 49.9 Å². The second kappa shape index (κ2) is 8.78. The van der Waals surface area contributed by atoms with Crippen LogP contribution in [0.4, 0.5) is 4.39 Å². The number of hydrogen-bond acceptors (Lipinski definition) is 5. The molecule has 0 aromatic heterocycles. The number of ketones is 2. The van der Waals surface area contributed by atoms with Crippen LogP contribution in [0.25, 0.3) is 0 Å². The Morgan fingerprint density at radius 3 is 2.21 bits per heavy atom. The van der Waals surface area contributed by atoms with E-state index in [1.807, 2.05) is 30.0 Å². The molecule has 0 bridgehead atoms. The van der Waals surface area contributed by atoms with E-state index >= 15 is 0 Å². The Bertz CT molecular complexity index is 1230. The van der Waals surface area contributed by atoms with Crippen molar-refractivity contribution in [1.82, 2.24) is 9.80 Å². The number of carbonyl (C=O) groups excluding carboxylic acids is 2. The van der Waals surface area contributed by atoms with Gasteiger partial charge in [0.2, 0.25) is 0 Å². The van der Waals surface area contributed by atoms with E-state index in [-0.39, 0.29) is 17.4 Å². The highest BCUT2D eigenvalue weighted by molar-refractivity contribution is 6.32. The first-order valence-electron chi connectivity index (χ1n) is 11.5. The van der Waals surface area contributed by atoms with Gasteiger partial charge in [0.25, 0.3) is 0 Å². The molecule has 0 saturated carbocycles. The summed E-state index contributed by atoms with van der Waals surface area (Å²) in [7, 11) is 1.58. The molecule has 0 amide bonds. The first-order valence-corrected chi connectivity index (χ1v) is 11.5. The Labute approximate surface area is 198 Å². The lowest BCUT2D eigenvalue weighted by atomic mass is 9.82. The molecule has 34 heavy (non-hydrogen) atoms. The number of fused-ring (bicyclic) bond motifs is 1. The minimum absolute atomic E-state index is 0.184. The average molecular weight is 459 g/mol. The number of ether oxygens (including phenoxy) is 1. The summed E-state index contributed by atoms with van der Waals surface area (Å²) in [4.78, 5) is 32.1. The van der Waals surface area contributed by atoms with Crippen LogP contribution in [0, 0.1) is 12.7 Å². The van der Waals surface area contributed by atoms with Crippen molar-refractivity contribution in [1.29, 1.82) is 0 Å². The number of piperazine rings is 1. The van der Waals surface area contributed by atoms with Crippen molar-refractivity contribution in [3.05, 3.63) is 100 Å². The monoisotopic (exact) mass is 458 g/mol. The van der Waals surface area contributed by atoms with Crippen LogP contribution in [0.5, 0.6) is 5.75 Å². The van der Waals surface area contributed by atoms with Crippen LogP contribution in [0.15, 0.2) is 66.7 Å². The fourth-order valence-corrected chi connectivity index (χ4v) is 5.24. The van der Waals surface area contributed by atoms with Gasteiger partial charge in [-0.15, -0.1) is 0 Å². The van der Waals surface area contributed by atoms with Gasteiger partial charge in [0, 0.05) is 43.9 Å². The van der Waals surface area contributed by atoms with Gasteiger partial charge < -0.3 is 4.74 Å². The van der Waals surface area contributed by atoms with E-state index in [2.05, 4.69) is 4.90 Å². The molecule has 5 nitrogen and oxygen atoms in total. The number of rotatable bonds is 5. The zero-order valence-electron chi connectivity index (χ0n) is 19.4. The number of halogens is 1. The number of nitrogens with zero attached hydrogens (tertiary/aromatic N) is 2. The summed E-state index contributed by atoms with van der Waals surface area (Å²) < 4.78 is 19.2. The molecule has 3 aromatic carbocycles. The van der Waals surface area contributed by atoms with Crippen LogP contribution >= 0.6 is 0 Å². The Kier molecular flexibility index (Phi) is 5.80. The van der Waals surface area contributed by atoms with Crippen molar-refractivity contribution >= 4 is 11.6 Å². The SMILES string of the molecule is COc1cccc(C2(N3CCN(Cc4cc(F)ccc4C)CC3)C(=O)c3ccccc3C2=O)c1. The van der Waals surface area contributed by atoms with Crippen LogP contribution in [0.2, 0.25) is 0 Å². The summed E-state index contributed by atoms with van der Waals surface area (Å²) in [6.45, 7) is 5.02. The molecule has 1 heterocycles. The molecular weight excluding hydrogens is 431 g/mol. The highest BCUT2D eigenvalue weighted by atomic mass is 19.1. The molecule has 0 spiro atoms. The first kappa shape index (κ1) is 22.4. The molecule has 0 unspecified atom stereocenters. The van der Waals surface area contributed by atoms with Gasteiger partial charge in [0.05, 0.1) is 7.11 Å². The van der Waals surface area contributed by atoms with Gasteiger partial charge in [-0.05, 0) is 47.9 Å². The average Bonchev–Trinajstić information content (AvgIpc) is 3.09. The van der Waals surface area contributed by atoms with E-state index in [0.29, 0.717) is 55.2 Å². The third kappa shape index (κ3) is 3.54. The molecule has 174 valence electrons. The summed E-state index contributed by atoms with van der Waals surface area (Å²) in [5.74, 6) is -0.00340. The quantitative estimate of drug-likeness (QED) is 0.536. The lowest BCUT2D eigenvalue weighted by molar-refractivity contribution is 0.0278. The van der Waals surface area contributed by atoms with Crippen LogP contribution in [-0.4, -0.2) is 54.7 Å². The van der Waals surface area contributed by atoms with Crippen LogP contribution in [-0.2, 0) is 12.1 Å². The van der Waals surface area contributed by atoms with E-state index in [4.69, 9.17) is 4.74 Å². The summed E-state index contributed by atoms with van der Waals surface area (Å²) >= 11 is 0. The second-order valence-electron chi connectivity index (χ2n) is 8.98. The van der Waals surface area contributed by atoms with Gasteiger partial charge in [-0.3, -0.25) is 19.4 Å². The Hall–Kier alpha value is -3.35. The molecule has 1 saturated heterocycles. The summed E-state index contributed by atoms with van der Waals surface area (Å²) in [5, 5.41) is 0. The molecule has 1 aliphatic carbocycles. The number of Topliss-reactive ketones (excluding diaryl/α,β-unsaturated/α-hetero) is 2. The van der Waals surface area contributed by atoms with E-state index in [9.17, 15) is 14.0 Å². The molecule has 0 radical (unpaired) electrons. The number of aryl methyl sites for hydroxylation is 1. The van der Waals surface area contributed by atoms with Crippen molar-refractivity contribution in [2.45, 2.75) is 19.0 Å². The molecule has 0 N–H and O–H groups in total. The Morgan fingerprint density at radius 1 is 0.882 bits per heavy atom. The fourth-order valence-electron chi connectivity index (χ4n) is 5.24. The zero-order chi connectivity index (χ0) is 23.9. The molecular formula is C28H27FN2O3. The zero-order valence-corrected chi connectivity index (χ0v) is 19.4. The normalized spacial score (nSPS) is 18.2. The van der Waals surface area contributed by atoms with Crippen molar-refractivity contribution in [2.75, 3.05) is 33.3 Å². The highest BCUT2D eigenvalue weighted by Gasteiger charge is 2.58. The van der Waals surface area contributed by atoms with Gasteiger partial charge in [0.15, 0.2) is 17.1 Å². The Balaban J connectivity index is 1.48. The minimum atomic E-state index is -1.40. The molecule has 1 fully saturated rings. The molecule has 0 atom stereocenters. The summed E-state index contributed by atoms with van der Waals surface area (Å²) in [6.07, 6.45) is 0. The Morgan fingerprint density at radius 2 is 1.56 bits per heavy atom. The maximum absolute atomic E-state index is 13.9. The van der Waals surface area contributed by atoms with Gasteiger partial charge in [-0.1, -0.05) is 42.5 Å². The van der Waals surface area contributed by atoms with Gasteiger partial charge in [0.1, 0.15) is 11.6 Å². The third-order valence-corrected chi connectivity index (χ3v) is 7.11. The van der Waals surface area contributed by atoms with Crippen molar-refractivity contribution in [2.24, 2.45) is 0 Å². The maximum atomic E-state index is 13.9. The number of methoxy groups -OCH3 is 1. The van der Waals surface area contributed by atoms with E-state index in [1.54, 1.807) is 49.6 Å². The fraction of sp³-hybridized carbons (Fsp3) is 0.286. The summed E-state index contributed by atoms with van der Waals surface area (Å²) in [6, 6.07) is 19.2. The third-order valence-electron chi connectivity index (χ3n) is 7.11. The molecule has 5 rings (SSSR count). The second-order valence-corrected chi connectivity index (χ2v) is 8.98.